The molecule has 0 spiro atoms. The highest BCUT2D eigenvalue weighted by Crippen LogP contribution is 2.18. The van der Waals surface area contributed by atoms with E-state index in [-0.39, 0.29) is 16.8 Å². The second-order valence-corrected chi connectivity index (χ2v) is 4.60. The monoisotopic (exact) mass is 300 g/mol. The molecule has 7 nitrogen and oxygen atoms in total. The largest absolute Gasteiger partial charge is 0.478 e. The van der Waals surface area contributed by atoms with Gasteiger partial charge in [-0.25, -0.2) is 4.79 Å². The lowest BCUT2D eigenvalue weighted by atomic mass is 10.0. The third kappa shape index (κ3) is 3.26. The summed E-state index contributed by atoms with van der Waals surface area (Å²) in [5.41, 5.74) is 1.01. The van der Waals surface area contributed by atoms with Gasteiger partial charge in [0.15, 0.2) is 0 Å². The predicted molar refractivity (Wildman–Crippen MR) is 79.2 cm³/mol. The van der Waals surface area contributed by atoms with Gasteiger partial charge in [0.1, 0.15) is 0 Å². The number of carbonyl (C=O) groups is 2. The van der Waals surface area contributed by atoms with Crippen LogP contribution in [-0.2, 0) is 0 Å². The number of carboxylic acids is 1. The molecule has 0 atom stereocenters. The fourth-order valence-electron chi connectivity index (χ4n) is 1.95. The van der Waals surface area contributed by atoms with E-state index in [1.165, 1.54) is 42.5 Å². The van der Waals surface area contributed by atoms with Gasteiger partial charge in [0, 0.05) is 23.4 Å². The van der Waals surface area contributed by atoms with Crippen LogP contribution in [0.3, 0.4) is 0 Å². The molecule has 0 aliphatic heterocycles. The number of nitro groups is 1. The van der Waals surface area contributed by atoms with Crippen LogP contribution in [0.1, 0.15) is 26.3 Å². The summed E-state index contributed by atoms with van der Waals surface area (Å²) in [6.07, 6.45) is 0. The van der Waals surface area contributed by atoms with Crippen LogP contribution in [0.25, 0.3) is 0 Å². The molecule has 1 amide bonds. The van der Waals surface area contributed by atoms with Gasteiger partial charge < -0.3 is 10.4 Å². The lowest BCUT2D eigenvalue weighted by Crippen LogP contribution is -2.13. The summed E-state index contributed by atoms with van der Waals surface area (Å²) in [5.74, 6) is -1.54. The molecule has 0 radical (unpaired) electrons. The van der Waals surface area contributed by atoms with Crippen LogP contribution < -0.4 is 5.32 Å². The normalized spacial score (nSPS) is 10.0. The highest BCUT2D eigenvalue weighted by atomic mass is 16.6. The van der Waals surface area contributed by atoms with E-state index >= 15 is 0 Å². The Bertz CT molecular complexity index is 770. The van der Waals surface area contributed by atoms with Crippen molar-refractivity contribution in [3.63, 3.8) is 0 Å². The third-order valence-corrected chi connectivity index (χ3v) is 3.03. The second kappa shape index (κ2) is 6.04. The minimum absolute atomic E-state index is 0.117. The molecule has 0 unspecified atom stereocenters. The molecule has 0 saturated carbocycles. The van der Waals surface area contributed by atoms with Crippen molar-refractivity contribution in [2.24, 2.45) is 0 Å². The Morgan fingerprint density at radius 3 is 2.50 bits per heavy atom. The fourth-order valence-corrected chi connectivity index (χ4v) is 1.95. The maximum absolute atomic E-state index is 12.1. The summed E-state index contributed by atoms with van der Waals surface area (Å²) in [5, 5.41) is 22.2. The quantitative estimate of drug-likeness (QED) is 0.666. The maximum Gasteiger partial charge on any atom is 0.335 e. The van der Waals surface area contributed by atoms with Crippen molar-refractivity contribution in [3.8, 4) is 0 Å². The Hall–Kier alpha value is -3.22. The number of benzene rings is 2. The average Bonchev–Trinajstić information content (AvgIpc) is 2.46. The molecule has 0 saturated heterocycles. The van der Waals surface area contributed by atoms with Crippen LogP contribution in [0.2, 0.25) is 0 Å². The van der Waals surface area contributed by atoms with Crippen molar-refractivity contribution in [1.29, 1.82) is 0 Å². The number of nitro benzene ring substituents is 1. The molecule has 2 aromatic rings. The van der Waals surface area contributed by atoms with Gasteiger partial charge in [-0.05, 0) is 36.8 Å². The summed E-state index contributed by atoms with van der Waals surface area (Å²) in [4.78, 5) is 33.2. The highest BCUT2D eigenvalue weighted by molar-refractivity contribution is 6.05. The van der Waals surface area contributed by atoms with Gasteiger partial charge in [0.25, 0.3) is 11.6 Å². The number of hydrogen-bond donors (Lipinski definition) is 2. The number of rotatable bonds is 4. The number of carbonyl (C=O) groups excluding carboxylic acids is 1. The van der Waals surface area contributed by atoms with Crippen LogP contribution in [0.4, 0.5) is 11.4 Å². The van der Waals surface area contributed by atoms with E-state index in [1.54, 1.807) is 6.92 Å². The molecule has 7 heteroatoms. The number of amides is 1. The van der Waals surface area contributed by atoms with E-state index in [0.29, 0.717) is 11.3 Å². The van der Waals surface area contributed by atoms with Gasteiger partial charge in [0.05, 0.1) is 10.5 Å². The molecule has 0 heterocycles. The van der Waals surface area contributed by atoms with Crippen LogP contribution in [0.15, 0.2) is 42.5 Å². The van der Waals surface area contributed by atoms with Crippen LogP contribution in [0, 0.1) is 17.0 Å². The first kappa shape index (κ1) is 15.2. The Balaban J connectivity index is 2.22. The molecule has 2 aromatic carbocycles. The van der Waals surface area contributed by atoms with E-state index in [1.807, 2.05) is 0 Å². The van der Waals surface area contributed by atoms with Crippen molar-refractivity contribution < 1.29 is 19.6 Å². The van der Waals surface area contributed by atoms with Gasteiger partial charge in [0.2, 0.25) is 0 Å². The number of nitrogens with zero attached hydrogens (tertiary/aromatic N) is 1. The summed E-state index contributed by atoms with van der Waals surface area (Å²) < 4.78 is 0. The van der Waals surface area contributed by atoms with Crippen molar-refractivity contribution in [3.05, 3.63) is 69.3 Å². The maximum atomic E-state index is 12.1. The predicted octanol–water partition coefficient (Wildman–Crippen LogP) is 2.85. The summed E-state index contributed by atoms with van der Waals surface area (Å²) in [6.45, 7) is 1.59. The van der Waals surface area contributed by atoms with Gasteiger partial charge in [-0.1, -0.05) is 6.07 Å². The Kier molecular flexibility index (Phi) is 4.17. The molecule has 0 aromatic heterocycles. The number of carboxylic acid groups (broad SMARTS) is 1. The first-order valence-electron chi connectivity index (χ1n) is 6.28. The molecule has 0 fully saturated rings. The average molecular weight is 300 g/mol. The van der Waals surface area contributed by atoms with Crippen LogP contribution in [0.5, 0.6) is 0 Å². The lowest BCUT2D eigenvalue weighted by molar-refractivity contribution is -0.384. The first-order valence-corrected chi connectivity index (χ1v) is 6.28. The topological polar surface area (TPSA) is 110 Å². The molecule has 112 valence electrons. The Labute approximate surface area is 125 Å². The van der Waals surface area contributed by atoms with Crippen molar-refractivity contribution in [2.45, 2.75) is 6.92 Å². The number of nitrogens with one attached hydrogen (secondary N) is 1. The van der Waals surface area contributed by atoms with Crippen molar-refractivity contribution in [1.82, 2.24) is 0 Å². The third-order valence-electron chi connectivity index (χ3n) is 3.03. The summed E-state index contributed by atoms with van der Waals surface area (Å²) in [7, 11) is 0. The van der Waals surface area contributed by atoms with Crippen LogP contribution >= 0.6 is 0 Å². The zero-order chi connectivity index (χ0) is 16.3. The minimum Gasteiger partial charge on any atom is -0.478 e. The Morgan fingerprint density at radius 1 is 1.18 bits per heavy atom. The fraction of sp³-hybridized carbons (Fsp3) is 0.0667. The van der Waals surface area contributed by atoms with Crippen LogP contribution in [-0.4, -0.2) is 21.9 Å². The minimum atomic E-state index is -1.07. The second-order valence-electron chi connectivity index (χ2n) is 4.60. The molecule has 0 bridgehead atoms. The van der Waals surface area contributed by atoms with Crippen molar-refractivity contribution >= 4 is 23.3 Å². The molecular formula is C15H12N2O5. The van der Waals surface area contributed by atoms with Gasteiger partial charge >= 0.3 is 5.97 Å². The summed E-state index contributed by atoms with van der Waals surface area (Å²) >= 11 is 0. The number of aryl methyl sites for hydroxylation is 1. The zero-order valence-electron chi connectivity index (χ0n) is 11.6. The molecule has 22 heavy (non-hydrogen) atoms. The smallest absolute Gasteiger partial charge is 0.335 e. The van der Waals surface area contributed by atoms with Gasteiger partial charge in [-0.2, -0.15) is 0 Å². The lowest BCUT2D eigenvalue weighted by Gasteiger charge is -2.07. The van der Waals surface area contributed by atoms with Crippen molar-refractivity contribution in [2.75, 3.05) is 5.32 Å². The van der Waals surface area contributed by atoms with E-state index in [2.05, 4.69) is 5.32 Å². The standard InChI is InChI=1S/C15H12N2O5/c1-9-7-10(5-6-13(9)15(19)20)14(18)16-11-3-2-4-12(8-11)17(21)22/h2-8H,1H3,(H,16,18)(H,19,20). The van der Waals surface area contributed by atoms with E-state index in [9.17, 15) is 19.7 Å². The SMILES string of the molecule is Cc1cc(C(=O)Nc2cccc([N+](=O)[O-])c2)ccc1C(=O)O. The van der Waals surface area contributed by atoms with E-state index in [0.717, 1.165) is 0 Å². The molecular weight excluding hydrogens is 288 g/mol. The van der Waals surface area contributed by atoms with E-state index < -0.39 is 16.8 Å². The molecule has 2 N–H and O–H groups in total. The molecule has 0 aliphatic rings. The first-order chi connectivity index (χ1) is 10.4. The van der Waals surface area contributed by atoms with E-state index in [4.69, 9.17) is 5.11 Å². The van der Waals surface area contributed by atoms with Gasteiger partial charge in [-0.3, -0.25) is 14.9 Å². The zero-order valence-corrected chi connectivity index (χ0v) is 11.6. The number of anilines is 1. The number of non-ortho nitro benzene ring substituents is 1. The molecule has 0 aliphatic carbocycles. The highest BCUT2D eigenvalue weighted by Gasteiger charge is 2.13. The molecule has 2 rings (SSSR count). The summed E-state index contributed by atoms with van der Waals surface area (Å²) in [6, 6.07) is 9.76. The van der Waals surface area contributed by atoms with Gasteiger partial charge in [-0.15, -0.1) is 0 Å². The number of aromatic carboxylic acids is 1. The number of hydrogen-bond acceptors (Lipinski definition) is 4. The Morgan fingerprint density at radius 2 is 1.91 bits per heavy atom.